The number of carbonyl (C=O) groups excluding carboxylic acids is 1. The van der Waals surface area contributed by atoms with E-state index in [-0.39, 0.29) is 11.9 Å². The molecule has 0 aliphatic heterocycles. The third-order valence-electron chi connectivity index (χ3n) is 3.89. The van der Waals surface area contributed by atoms with E-state index in [0.29, 0.717) is 5.92 Å². The highest BCUT2D eigenvalue weighted by molar-refractivity contribution is 9.10. The van der Waals surface area contributed by atoms with Crippen molar-refractivity contribution in [3.05, 3.63) is 28.7 Å². The fourth-order valence-corrected chi connectivity index (χ4v) is 3.08. The van der Waals surface area contributed by atoms with Crippen LogP contribution in [0.1, 0.15) is 39.0 Å². The fraction of sp³-hybridized carbons (Fsp3) is 0.562. The van der Waals surface area contributed by atoms with Crippen LogP contribution in [0.2, 0.25) is 0 Å². The van der Waals surface area contributed by atoms with Crippen molar-refractivity contribution >= 4 is 27.5 Å². The summed E-state index contributed by atoms with van der Waals surface area (Å²) in [6.45, 7) is 2.72. The smallest absolute Gasteiger partial charge is 0.242 e. The van der Waals surface area contributed by atoms with E-state index < -0.39 is 0 Å². The third kappa shape index (κ3) is 4.82. The number of halogens is 1. The standard InChI is InChI=1S/C16H23BrN2O/c1-12(19-15-9-5-8-14(17)10-15)16(20)18-11-13-6-3-2-4-7-13/h5,8-10,12-13,19H,2-4,6-7,11H2,1H3,(H,18,20)/t12-/m0/s1. The number of nitrogens with one attached hydrogen (secondary N) is 2. The number of amides is 1. The number of carbonyl (C=O) groups is 1. The Hall–Kier alpha value is -1.03. The Morgan fingerprint density at radius 1 is 1.35 bits per heavy atom. The van der Waals surface area contributed by atoms with Gasteiger partial charge in [-0.3, -0.25) is 4.79 Å². The predicted molar refractivity (Wildman–Crippen MR) is 86.8 cm³/mol. The van der Waals surface area contributed by atoms with Crippen LogP contribution >= 0.6 is 15.9 Å². The predicted octanol–water partition coefficient (Wildman–Crippen LogP) is 3.95. The van der Waals surface area contributed by atoms with E-state index in [4.69, 9.17) is 0 Å². The van der Waals surface area contributed by atoms with Crippen molar-refractivity contribution in [2.75, 3.05) is 11.9 Å². The van der Waals surface area contributed by atoms with Gasteiger partial charge < -0.3 is 10.6 Å². The molecule has 0 unspecified atom stereocenters. The van der Waals surface area contributed by atoms with Crippen LogP contribution in [0.3, 0.4) is 0 Å². The van der Waals surface area contributed by atoms with Gasteiger partial charge in [0.15, 0.2) is 0 Å². The van der Waals surface area contributed by atoms with Crippen LogP contribution in [-0.4, -0.2) is 18.5 Å². The molecule has 3 nitrogen and oxygen atoms in total. The highest BCUT2D eigenvalue weighted by Crippen LogP contribution is 2.22. The zero-order valence-electron chi connectivity index (χ0n) is 12.0. The Bertz CT molecular complexity index is 444. The molecule has 1 aliphatic rings. The van der Waals surface area contributed by atoms with Gasteiger partial charge in [0.1, 0.15) is 6.04 Å². The molecule has 0 heterocycles. The van der Waals surface area contributed by atoms with Gasteiger partial charge in [0.25, 0.3) is 0 Å². The van der Waals surface area contributed by atoms with E-state index in [1.807, 2.05) is 31.2 Å². The van der Waals surface area contributed by atoms with Gasteiger partial charge in [-0.1, -0.05) is 41.3 Å². The molecule has 1 aliphatic carbocycles. The Morgan fingerprint density at radius 2 is 2.10 bits per heavy atom. The Balaban J connectivity index is 1.76. The van der Waals surface area contributed by atoms with Gasteiger partial charge in [-0.2, -0.15) is 0 Å². The quantitative estimate of drug-likeness (QED) is 0.853. The first kappa shape index (κ1) is 15.4. The molecule has 1 atom stereocenters. The van der Waals surface area contributed by atoms with Crippen molar-refractivity contribution in [3.63, 3.8) is 0 Å². The van der Waals surface area contributed by atoms with Crippen LogP contribution in [0.25, 0.3) is 0 Å². The Labute approximate surface area is 129 Å². The van der Waals surface area contributed by atoms with Crippen molar-refractivity contribution in [2.24, 2.45) is 5.92 Å². The molecule has 1 aromatic carbocycles. The van der Waals surface area contributed by atoms with E-state index in [1.54, 1.807) is 0 Å². The molecule has 110 valence electrons. The number of benzene rings is 1. The van der Waals surface area contributed by atoms with E-state index in [9.17, 15) is 4.79 Å². The van der Waals surface area contributed by atoms with Crippen LogP contribution < -0.4 is 10.6 Å². The Kier molecular flexibility index (Phi) is 5.89. The summed E-state index contributed by atoms with van der Waals surface area (Å²) in [6, 6.07) is 7.66. The summed E-state index contributed by atoms with van der Waals surface area (Å²) in [6.07, 6.45) is 6.49. The lowest BCUT2D eigenvalue weighted by Crippen LogP contribution is -2.40. The second-order valence-corrected chi connectivity index (χ2v) is 6.54. The fourth-order valence-electron chi connectivity index (χ4n) is 2.68. The average Bonchev–Trinajstić information content (AvgIpc) is 2.46. The minimum absolute atomic E-state index is 0.0792. The summed E-state index contributed by atoms with van der Waals surface area (Å²) < 4.78 is 1.01. The number of rotatable bonds is 5. The minimum atomic E-state index is -0.215. The normalized spacial score (nSPS) is 17.5. The molecule has 2 rings (SSSR count). The SMILES string of the molecule is C[C@H](Nc1cccc(Br)c1)C(=O)NCC1CCCCC1. The van der Waals surface area contributed by atoms with Gasteiger partial charge in [-0.25, -0.2) is 0 Å². The molecule has 0 bridgehead atoms. The molecule has 0 radical (unpaired) electrons. The highest BCUT2D eigenvalue weighted by Gasteiger charge is 2.17. The van der Waals surface area contributed by atoms with Crippen LogP contribution in [0, 0.1) is 5.92 Å². The topological polar surface area (TPSA) is 41.1 Å². The van der Waals surface area contributed by atoms with Gasteiger partial charge in [-0.05, 0) is 43.9 Å². The minimum Gasteiger partial charge on any atom is -0.374 e. The number of hydrogen-bond donors (Lipinski definition) is 2. The summed E-state index contributed by atoms with van der Waals surface area (Å²) in [7, 11) is 0. The lowest BCUT2D eigenvalue weighted by atomic mass is 9.89. The molecule has 1 saturated carbocycles. The molecule has 20 heavy (non-hydrogen) atoms. The van der Waals surface area contributed by atoms with Gasteiger partial charge in [0.05, 0.1) is 0 Å². The highest BCUT2D eigenvalue weighted by atomic mass is 79.9. The van der Waals surface area contributed by atoms with Crippen molar-refractivity contribution in [3.8, 4) is 0 Å². The Morgan fingerprint density at radius 3 is 2.80 bits per heavy atom. The van der Waals surface area contributed by atoms with E-state index in [1.165, 1.54) is 32.1 Å². The van der Waals surface area contributed by atoms with E-state index in [0.717, 1.165) is 16.7 Å². The van der Waals surface area contributed by atoms with Gasteiger partial charge >= 0.3 is 0 Å². The summed E-state index contributed by atoms with van der Waals surface area (Å²) in [5.41, 5.74) is 0.958. The third-order valence-corrected chi connectivity index (χ3v) is 4.38. The second kappa shape index (κ2) is 7.67. The first-order chi connectivity index (χ1) is 9.65. The van der Waals surface area contributed by atoms with Crippen LogP contribution in [0.15, 0.2) is 28.7 Å². The zero-order valence-corrected chi connectivity index (χ0v) is 13.6. The van der Waals surface area contributed by atoms with Crippen LogP contribution in [-0.2, 0) is 4.79 Å². The zero-order chi connectivity index (χ0) is 14.4. The lowest BCUT2D eigenvalue weighted by Gasteiger charge is -2.23. The monoisotopic (exact) mass is 338 g/mol. The molecule has 1 aromatic rings. The molecule has 0 spiro atoms. The number of anilines is 1. The molecule has 0 saturated heterocycles. The molecule has 1 fully saturated rings. The summed E-state index contributed by atoms with van der Waals surface area (Å²) in [5.74, 6) is 0.751. The lowest BCUT2D eigenvalue weighted by molar-refractivity contribution is -0.121. The van der Waals surface area contributed by atoms with Crippen molar-refractivity contribution in [1.82, 2.24) is 5.32 Å². The maximum absolute atomic E-state index is 12.1. The maximum atomic E-state index is 12.1. The second-order valence-electron chi connectivity index (χ2n) is 5.63. The molecule has 2 N–H and O–H groups in total. The van der Waals surface area contributed by atoms with E-state index >= 15 is 0 Å². The molecule has 1 amide bonds. The maximum Gasteiger partial charge on any atom is 0.242 e. The molecular formula is C16H23BrN2O. The average molecular weight is 339 g/mol. The van der Waals surface area contributed by atoms with Crippen LogP contribution in [0.5, 0.6) is 0 Å². The van der Waals surface area contributed by atoms with Gasteiger partial charge in [0, 0.05) is 16.7 Å². The van der Waals surface area contributed by atoms with E-state index in [2.05, 4.69) is 26.6 Å². The molecule has 4 heteroatoms. The number of hydrogen-bond acceptors (Lipinski definition) is 2. The first-order valence-corrected chi connectivity index (χ1v) is 8.24. The summed E-state index contributed by atoms with van der Waals surface area (Å²) >= 11 is 3.43. The van der Waals surface area contributed by atoms with Crippen LogP contribution in [0.4, 0.5) is 5.69 Å². The van der Waals surface area contributed by atoms with Crippen molar-refractivity contribution < 1.29 is 4.79 Å². The molecular weight excluding hydrogens is 316 g/mol. The molecule has 0 aromatic heterocycles. The van der Waals surface area contributed by atoms with Gasteiger partial charge in [0.2, 0.25) is 5.91 Å². The van der Waals surface area contributed by atoms with Crippen molar-refractivity contribution in [1.29, 1.82) is 0 Å². The van der Waals surface area contributed by atoms with Gasteiger partial charge in [-0.15, -0.1) is 0 Å². The largest absolute Gasteiger partial charge is 0.374 e. The summed E-state index contributed by atoms with van der Waals surface area (Å²) in [5, 5.41) is 6.30. The summed E-state index contributed by atoms with van der Waals surface area (Å²) in [4.78, 5) is 12.1. The van der Waals surface area contributed by atoms with Crippen molar-refractivity contribution in [2.45, 2.75) is 45.1 Å². The first-order valence-electron chi connectivity index (χ1n) is 7.45.